The van der Waals surface area contributed by atoms with Gasteiger partial charge in [0.15, 0.2) is 5.84 Å². The Balaban J connectivity index is 1.91. The van der Waals surface area contributed by atoms with E-state index in [9.17, 15) is 4.39 Å². The number of benzene rings is 1. The molecular formula is C16H24FN3O. The average molecular weight is 293 g/mol. The number of nitrogens with zero attached hydrogens (tertiary/aromatic N) is 1. The minimum Gasteiger partial charge on any atom is -0.409 e. The van der Waals surface area contributed by atoms with Gasteiger partial charge in [-0.25, -0.2) is 4.39 Å². The van der Waals surface area contributed by atoms with Crippen molar-refractivity contribution in [3.05, 3.63) is 35.1 Å². The summed E-state index contributed by atoms with van der Waals surface area (Å²) < 4.78 is 13.3. The van der Waals surface area contributed by atoms with Crippen LogP contribution < -0.4 is 11.1 Å². The van der Waals surface area contributed by atoms with Gasteiger partial charge >= 0.3 is 0 Å². The van der Waals surface area contributed by atoms with Crippen molar-refractivity contribution in [2.45, 2.75) is 39.2 Å². The Kier molecular flexibility index (Phi) is 5.56. The molecule has 0 saturated heterocycles. The fourth-order valence-corrected chi connectivity index (χ4v) is 2.94. The number of halogens is 1. The zero-order valence-corrected chi connectivity index (χ0v) is 12.5. The number of nitrogens with two attached hydrogens (primary N) is 1. The minimum absolute atomic E-state index is 0.0576. The van der Waals surface area contributed by atoms with E-state index in [4.69, 9.17) is 10.9 Å². The Labute approximate surface area is 125 Å². The van der Waals surface area contributed by atoms with Crippen LogP contribution in [0.25, 0.3) is 0 Å². The van der Waals surface area contributed by atoms with Crippen LogP contribution in [-0.4, -0.2) is 17.6 Å². The summed E-state index contributed by atoms with van der Waals surface area (Å²) in [5.41, 5.74) is 6.89. The lowest BCUT2D eigenvalue weighted by Crippen LogP contribution is -2.27. The zero-order chi connectivity index (χ0) is 15.2. The van der Waals surface area contributed by atoms with E-state index >= 15 is 0 Å². The Morgan fingerprint density at radius 2 is 2.10 bits per heavy atom. The topological polar surface area (TPSA) is 70.6 Å². The van der Waals surface area contributed by atoms with Crippen LogP contribution in [0.2, 0.25) is 0 Å². The summed E-state index contributed by atoms with van der Waals surface area (Å²) in [6.45, 7) is 3.86. The van der Waals surface area contributed by atoms with Crippen LogP contribution in [0.3, 0.4) is 0 Å². The molecule has 0 unspecified atom stereocenters. The predicted molar refractivity (Wildman–Crippen MR) is 81.7 cm³/mol. The Morgan fingerprint density at radius 1 is 1.38 bits per heavy atom. The Morgan fingerprint density at radius 3 is 2.76 bits per heavy atom. The normalized spacial score (nSPS) is 23.2. The second-order valence-corrected chi connectivity index (χ2v) is 6.04. The molecule has 0 aromatic heterocycles. The smallest absolute Gasteiger partial charge is 0.170 e. The molecule has 4 nitrogen and oxygen atoms in total. The van der Waals surface area contributed by atoms with Gasteiger partial charge in [-0.2, -0.15) is 0 Å². The highest BCUT2D eigenvalue weighted by molar-refractivity contribution is 5.98. The SMILES string of the molecule is CC1CCC(CNCc2ccc(F)cc2C(N)=NO)CC1. The lowest BCUT2D eigenvalue weighted by molar-refractivity contribution is 0.281. The van der Waals surface area contributed by atoms with E-state index < -0.39 is 0 Å². The molecule has 0 amide bonds. The van der Waals surface area contributed by atoms with E-state index in [1.165, 1.54) is 37.8 Å². The van der Waals surface area contributed by atoms with Crippen molar-refractivity contribution in [2.24, 2.45) is 22.7 Å². The quantitative estimate of drug-likeness (QED) is 0.338. The molecule has 0 aliphatic heterocycles. The summed E-state index contributed by atoms with van der Waals surface area (Å²) in [6, 6.07) is 4.38. The van der Waals surface area contributed by atoms with E-state index in [2.05, 4.69) is 17.4 Å². The molecule has 0 heterocycles. The second-order valence-electron chi connectivity index (χ2n) is 6.04. The van der Waals surface area contributed by atoms with Gasteiger partial charge in [0.25, 0.3) is 0 Å². The molecule has 1 aliphatic carbocycles. The summed E-state index contributed by atoms with van der Waals surface area (Å²) in [5.74, 6) is 1.12. The average Bonchev–Trinajstić information content (AvgIpc) is 2.50. The van der Waals surface area contributed by atoms with Gasteiger partial charge in [0.2, 0.25) is 0 Å². The van der Waals surface area contributed by atoms with Gasteiger partial charge in [-0.1, -0.05) is 31.0 Å². The molecule has 0 radical (unpaired) electrons. The van der Waals surface area contributed by atoms with Crippen LogP contribution in [0.4, 0.5) is 4.39 Å². The van der Waals surface area contributed by atoms with Gasteiger partial charge < -0.3 is 16.3 Å². The molecule has 1 aliphatic rings. The fraction of sp³-hybridized carbons (Fsp3) is 0.562. The van der Waals surface area contributed by atoms with Crippen molar-refractivity contribution in [3.63, 3.8) is 0 Å². The molecule has 1 aromatic rings. The van der Waals surface area contributed by atoms with E-state index in [1.807, 2.05) is 0 Å². The van der Waals surface area contributed by atoms with Crippen LogP contribution in [0.1, 0.15) is 43.7 Å². The molecule has 2 rings (SSSR count). The first-order valence-corrected chi connectivity index (χ1v) is 7.57. The third-order valence-electron chi connectivity index (χ3n) is 4.34. The van der Waals surface area contributed by atoms with Crippen molar-refractivity contribution in [3.8, 4) is 0 Å². The highest BCUT2D eigenvalue weighted by Crippen LogP contribution is 2.27. The van der Waals surface area contributed by atoms with Gasteiger partial charge in [-0.15, -0.1) is 0 Å². The first kappa shape index (κ1) is 15.8. The number of nitrogens with one attached hydrogen (secondary N) is 1. The third kappa shape index (κ3) is 4.43. The lowest BCUT2D eigenvalue weighted by Gasteiger charge is -2.26. The molecule has 1 saturated carbocycles. The van der Waals surface area contributed by atoms with Crippen LogP contribution in [0.5, 0.6) is 0 Å². The maximum Gasteiger partial charge on any atom is 0.170 e. The molecule has 1 fully saturated rings. The van der Waals surface area contributed by atoms with Crippen molar-refractivity contribution < 1.29 is 9.60 Å². The summed E-state index contributed by atoms with van der Waals surface area (Å²) in [4.78, 5) is 0. The van der Waals surface area contributed by atoms with E-state index in [0.29, 0.717) is 18.0 Å². The predicted octanol–water partition coefficient (Wildman–Crippen LogP) is 2.84. The number of hydrogen-bond donors (Lipinski definition) is 3. The Bertz CT molecular complexity index is 496. The molecule has 0 spiro atoms. The molecule has 4 N–H and O–H groups in total. The summed E-state index contributed by atoms with van der Waals surface area (Å²) in [7, 11) is 0. The van der Waals surface area contributed by atoms with Crippen LogP contribution in [0.15, 0.2) is 23.4 Å². The minimum atomic E-state index is -0.387. The largest absolute Gasteiger partial charge is 0.409 e. The maximum atomic E-state index is 13.3. The monoisotopic (exact) mass is 293 g/mol. The standard InChI is InChI=1S/C16H24FN3O/c1-11-2-4-12(5-3-11)9-19-10-13-6-7-14(17)8-15(13)16(18)20-21/h6-8,11-12,19,21H,2-5,9-10H2,1H3,(H2,18,20). The number of rotatable bonds is 5. The molecule has 0 atom stereocenters. The van der Waals surface area contributed by atoms with Gasteiger partial charge in [0, 0.05) is 12.1 Å². The number of hydrogen-bond acceptors (Lipinski definition) is 3. The molecule has 1 aromatic carbocycles. The molecule has 5 heteroatoms. The first-order valence-electron chi connectivity index (χ1n) is 7.57. The molecular weight excluding hydrogens is 269 g/mol. The van der Waals surface area contributed by atoms with Gasteiger partial charge in [0.1, 0.15) is 5.82 Å². The fourth-order valence-electron chi connectivity index (χ4n) is 2.94. The third-order valence-corrected chi connectivity index (χ3v) is 4.34. The van der Waals surface area contributed by atoms with Gasteiger partial charge in [-0.05, 0) is 48.9 Å². The van der Waals surface area contributed by atoms with Crippen molar-refractivity contribution >= 4 is 5.84 Å². The summed E-state index contributed by atoms with van der Waals surface area (Å²) >= 11 is 0. The summed E-state index contributed by atoms with van der Waals surface area (Å²) in [5, 5.41) is 15.2. The molecule has 116 valence electrons. The van der Waals surface area contributed by atoms with Crippen molar-refractivity contribution in [1.82, 2.24) is 5.32 Å². The van der Waals surface area contributed by atoms with E-state index in [1.54, 1.807) is 6.07 Å². The van der Waals surface area contributed by atoms with E-state index in [0.717, 1.165) is 18.0 Å². The highest BCUT2D eigenvalue weighted by atomic mass is 19.1. The molecule has 21 heavy (non-hydrogen) atoms. The molecule has 0 bridgehead atoms. The summed E-state index contributed by atoms with van der Waals surface area (Å²) in [6.07, 6.45) is 5.14. The number of oxime groups is 1. The van der Waals surface area contributed by atoms with Crippen LogP contribution in [0, 0.1) is 17.7 Å². The van der Waals surface area contributed by atoms with Gasteiger partial charge in [-0.3, -0.25) is 0 Å². The highest BCUT2D eigenvalue weighted by Gasteiger charge is 2.18. The van der Waals surface area contributed by atoms with Gasteiger partial charge in [0.05, 0.1) is 0 Å². The number of amidine groups is 1. The Hall–Kier alpha value is -1.62. The van der Waals surface area contributed by atoms with Crippen molar-refractivity contribution in [2.75, 3.05) is 6.54 Å². The first-order chi connectivity index (χ1) is 10.1. The van der Waals surface area contributed by atoms with Crippen LogP contribution in [-0.2, 0) is 6.54 Å². The van der Waals surface area contributed by atoms with Crippen molar-refractivity contribution in [1.29, 1.82) is 0 Å². The maximum absolute atomic E-state index is 13.3. The van der Waals surface area contributed by atoms with E-state index in [-0.39, 0.29) is 11.7 Å². The zero-order valence-electron chi connectivity index (χ0n) is 12.5. The second kappa shape index (κ2) is 7.41. The van der Waals surface area contributed by atoms with Crippen LogP contribution >= 0.6 is 0 Å². The lowest BCUT2D eigenvalue weighted by atomic mass is 9.83.